The summed E-state index contributed by atoms with van der Waals surface area (Å²) in [4.78, 5) is 17.0. The lowest BCUT2D eigenvalue weighted by Crippen LogP contribution is -2.14. The van der Waals surface area contributed by atoms with Gasteiger partial charge in [0.25, 0.3) is 0 Å². The van der Waals surface area contributed by atoms with Gasteiger partial charge in [0.2, 0.25) is 5.91 Å². The molecule has 0 spiro atoms. The second-order valence-electron chi connectivity index (χ2n) is 4.08. The topological polar surface area (TPSA) is 51.2 Å². The van der Waals surface area contributed by atoms with E-state index < -0.39 is 0 Å². The molecule has 2 aromatic rings. The quantitative estimate of drug-likeness (QED) is 0.913. The van der Waals surface area contributed by atoms with E-state index in [0.29, 0.717) is 18.2 Å². The molecule has 0 atom stereocenters. The van der Waals surface area contributed by atoms with Gasteiger partial charge in [-0.1, -0.05) is 12.1 Å². The fourth-order valence-electron chi connectivity index (χ4n) is 1.63. The number of thiazole rings is 1. The second kappa shape index (κ2) is 6.33. The SMILES string of the molecule is CCOc1ccc(CC(=O)Nc2ncc(C)s2)cc1. The average Bonchev–Trinajstić information content (AvgIpc) is 2.77. The first-order valence-electron chi connectivity index (χ1n) is 6.11. The molecule has 1 heterocycles. The second-order valence-corrected chi connectivity index (χ2v) is 5.31. The van der Waals surface area contributed by atoms with Gasteiger partial charge in [-0.3, -0.25) is 4.79 Å². The van der Waals surface area contributed by atoms with Crippen molar-refractivity contribution in [2.24, 2.45) is 0 Å². The van der Waals surface area contributed by atoms with Crippen LogP contribution in [0, 0.1) is 6.92 Å². The zero-order valence-corrected chi connectivity index (χ0v) is 11.8. The summed E-state index contributed by atoms with van der Waals surface area (Å²) in [6.07, 6.45) is 2.09. The maximum atomic E-state index is 11.8. The number of nitrogens with zero attached hydrogens (tertiary/aromatic N) is 1. The van der Waals surface area contributed by atoms with E-state index in [4.69, 9.17) is 4.74 Å². The smallest absolute Gasteiger partial charge is 0.230 e. The van der Waals surface area contributed by atoms with Crippen molar-refractivity contribution in [3.63, 3.8) is 0 Å². The standard InChI is InChI=1S/C14H16N2O2S/c1-3-18-12-6-4-11(5-7-12)8-13(17)16-14-15-9-10(2)19-14/h4-7,9H,3,8H2,1-2H3,(H,15,16,17). The minimum atomic E-state index is -0.0569. The van der Waals surface area contributed by atoms with Gasteiger partial charge < -0.3 is 10.1 Å². The highest BCUT2D eigenvalue weighted by Gasteiger charge is 2.06. The summed E-state index contributed by atoms with van der Waals surface area (Å²) in [5.41, 5.74) is 0.953. The van der Waals surface area contributed by atoms with Crippen molar-refractivity contribution in [2.45, 2.75) is 20.3 Å². The molecule has 0 unspecified atom stereocenters. The number of aryl methyl sites for hydroxylation is 1. The van der Waals surface area contributed by atoms with Crippen LogP contribution in [0.5, 0.6) is 5.75 Å². The molecule has 0 aliphatic rings. The third-order valence-electron chi connectivity index (χ3n) is 2.47. The Morgan fingerprint density at radius 2 is 2.11 bits per heavy atom. The number of benzene rings is 1. The van der Waals surface area contributed by atoms with Crippen molar-refractivity contribution in [1.29, 1.82) is 0 Å². The number of carbonyl (C=O) groups is 1. The van der Waals surface area contributed by atoms with E-state index in [1.165, 1.54) is 11.3 Å². The van der Waals surface area contributed by atoms with Crippen molar-refractivity contribution in [3.8, 4) is 5.75 Å². The van der Waals surface area contributed by atoms with Crippen molar-refractivity contribution in [2.75, 3.05) is 11.9 Å². The Balaban J connectivity index is 1.91. The van der Waals surface area contributed by atoms with Crippen LogP contribution in [0.2, 0.25) is 0 Å². The summed E-state index contributed by atoms with van der Waals surface area (Å²) in [6, 6.07) is 7.55. The summed E-state index contributed by atoms with van der Waals surface area (Å²) in [7, 11) is 0. The summed E-state index contributed by atoms with van der Waals surface area (Å²) < 4.78 is 5.36. The molecule has 1 aromatic carbocycles. The van der Waals surface area contributed by atoms with Crippen LogP contribution < -0.4 is 10.1 Å². The molecule has 19 heavy (non-hydrogen) atoms. The summed E-state index contributed by atoms with van der Waals surface area (Å²) in [6.45, 7) is 4.54. The molecule has 0 fully saturated rings. The molecule has 4 nitrogen and oxygen atoms in total. The third-order valence-corrected chi connectivity index (χ3v) is 3.29. The molecule has 1 N–H and O–H groups in total. The van der Waals surface area contributed by atoms with E-state index >= 15 is 0 Å². The summed E-state index contributed by atoms with van der Waals surface area (Å²) in [5, 5.41) is 3.43. The number of ether oxygens (including phenoxy) is 1. The maximum Gasteiger partial charge on any atom is 0.230 e. The highest BCUT2D eigenvalue weighted by molar-refractivity contribution is 7.15. The van der Waals surface area contributed by atoms with Crippen LogP contribution in [0.25, 0.3) is 0 Å². The van der Waals surface area contributed by atoms with Gasteiger partial charge in [0.05, 0.1) is 13.0 Å². The molecule has 0 saturated carbocycles. The largest absolute Gasteiger partial charge is 0.494 e. The number of nitrogens with one attached hydrogen (secondary N) is 1. The van der Waals surface area contributed by atoms with Crippen molar-refractivity contribution in [1.82, 2.24) is 4.98 Å². The molecule has 0 aliphatic carbocycles. The van der Waals surface area contributed by atoms with Gasteiger partial charge in [-0.2, -0.15) is 0 Å². The molecule has 100 valence electrons. The highest BCUT2D eigenvalue weighted by Crippen LogP contribution is 2.17. The Kier molecular flexibility index (Phi) is 4.52. The van der Waals surface area contributed by atoms with Gasteiger partial charge in [0, 0.05) is 11.1 Å². The molecule has 2 rings (SSSR count). The van der Waals surface area contributed by atoms with E-state index in [1.54, 1.807) is 6.20 Å². The number of aromatic nitrogens is 1. The van der Waals surface area contributed by atoms with Crippen LogP contribution in [0.3, 0.4) is 0 Å². The normalized spacial score (nSPS) is 10.2. The Hall–Kier alpha value is -1.88. The molecule has 1 aromatic heterocycles. The number of rotatable bonds is 5. The lowest BCUT2D eigenvalue weighted by Gasteiger charge is -2.05. The van der Waals surface area contributed by atoms with Crippen LogP contribution in [0.1, 0.15) is 17.4 Å². The Morgan fingerprint density at radius 3 is 2.68 bits per heavy atom. The number of anilines is 1. The minimum absolute atomic E-state index is 0.0569. The Morgan fingerprint density at radius 1 is 1.37 bits per heavy atom. The first kappa shape index (κ1) is 13.5. The molecule has 5 heteroatoms. The van der Waals surface area contributed by atoms with Crippen molar-refractivity contribution in [3.05, 3.63) is 40.9 Å². The van der Waals surface area contributed by atoms with Crippen molar-refractivity contribution >= 4 is 22.4 Å². The maximum absolute atomic E-state index is 11.8. The molecule has 0 saturated heterocycles. The number of amides is 1. The van der Waals surface area contributed by atoms with Crippen LogP contribution >= 0.6 is 11.3 Å². The van der Waals surface area contributed by atoms with Gasteiger partial charge in [-0.05, 0) is 31.5 Å². The Labute approximate surface area is 116 Å². The third kappa shape index (κ3) is 4.06. The zero-order chi connectivity index (χ0) is 13.7. The van der Waals surface area contributed by atoms with Gasteiger partial charge >= 0.3 is 0 Å². The highest BCUT2D eigenvalue weighted by atomic mass is 32.1. The first-order valence-corrected chi connectivity index (χ1v) is 6.93. The van der Waals surface area contributed by atoms with Gasteiger partial charge in [0.15, 0.2) is 5.13 Å². The summed E-state index contributed by atoms with van der Waals surface area (Å²) >= 11 is 1.47. The molecule has 0 bridgehead atoms. The van der Waals surface area contributed by atoms with Crippen LogP contribution in [0.4, 0.5) is 5.13 Å². The van der Waals surface area contributed by atoms with Crippen LogP contribution in [-0.4, -0.2) is 17.5 Å². The molecule has 1 amide bonds. The fraction of sp³-hybridized carbons (Fsp3) is 0.286. The molecule has 0 aliphatic heterocycles. The number of carbonyl (C=O) groups excluding carboxylic acids is 1. The number of hydrogen-bond acceptors (Lipinski definition) is 4. The van der Waals surface area contributed by atoms with Crippen LogP contribution in [-0.2, 0) is 11.2 Å². The van der Waals surface area contributed by atoms with E-state index in [-0.39, 0.29) is 5.91 Å². The Bertz CT molecular complexity index is 549. The van der Waals surface area contributed by atoms with E-state index in [9.17, 15) is 4.79 Å². The van der Waals surface area contributed by atoms with Gasteiger partial charge in [-0.15, -0.1) is 11.3 Å². The summed E-state index contributed by atoms with van der Waals surface area (Å²) in [5.74, 6) is 0.765. The fourth-order valence-corrected chi connectivity index (χ4v) is 2.31. The minimum Gasteiger partial charge on any atom is -0.494 e. The average molecular weight is 276 g/mol. The monoisotopic (exact) mass is 276 g/mol. The van der Waals surface area contributed by atoms with Gasteiger partial charge in [-0.25, -0.2) is 4.98 Å². The molecular formula is C14H16N2O2S. The van der Waals surface area contributed by atoms with Crippen LogP contribution in [0.15, 0.2) is 30.5 Å². The number of hydrogen-bond donors (Lipinski definition) is 1. The zero-order valence-electron chi connectivity index (χ0n) is 11.0. The van der Waals surface area contributed by atoms with E-state index in [1.807, 2.05) is 38.1 Å². The first-order chi connectivity index (χ1) is 9.17. The molecular weight excluding hydrogens is 260 g/mol. The van der Waals surface area contributed by atoms with Gasteiger partial charge in [0.1, 0.15) is 5.75 Å². The predicted octanol–water partition coefficient (Wildman–Crippen LogP) is 3.03. The van der Waals surface area contributed by atoms with E-state index in [0.717, 1.165) is 16.2 Å². The van der Waals surface area contributed by atoms with Crippen molar-refractivity contribution < 1.29 is 9.53 Å². The molecule has 0 radical (unpaired) electrons. The lowest BCUT2D eigenvalue weighted by molar-refractivity contribution is -0.115. The lowest BCUT2D eigenvalue weighted by atomic mass is 10.1. The predicted molar refractivity (Wildman–Crippen MR) is 76.8 cm³/mol. The van der Waals surface area contributed by atoms with E-state index in [2.05, 4.69) is 10.3 Å².